The average Bonchev–Trinajstić information content (AvgIpc) is 3.18. The first-order valence-corrected chi connectivity index (χ1v) is 11.2. The van der Waals surface area contributed by atoms with Gasteiger partial charge in [-0.2, -0.15) is 5.10 Å². The molecule has 1 aromatic heterocycles. The molecule has 3 N–H and O–H groups in total. The highest BCUT2D eigenvalue weighted by Crippen LogP contribution is 2.31. The number of aromatic nitrogens is 2. The lowest BCUT2D eigenvalue weighted by Gasteiger charge is -2.05. The van der Waals surface area contributed by atoms with E-state index >= 15 is 0 Å². The number of nitrogens with two attached hydrogens (primary N) is 1. The van der Waals surface area contributed by atoms with Gasteiger partial charge in [0.05, 0.1) is 4.90 Å². The summed E-state index contributed by atoms with van der Waals surface area (Å²) in [5.41, 5.74) is 3.18. The zero-order valence-electron chi connectivity index (χ0n) is 16.8. The summed E-state index contributed by atoms with van der Waals surface area (Å²) in [6, 6.07) is 20.9. The molecule has 1 amide bonds. The molecule has 0 atom stereocenters. The average molecular weight is 450 g/mol. The van der Waals surface area contributed by atoms with Crippen LogP contribution in [0.25, 0.3) is 22.4 Å². The second-order valence-corrected chi connectivity index (χ2v) is 8.64. The van der Waals surface area contributed by atoms with Crippen LogP contribution in [-0.4, -0.2) is 24.1 Å². The van der Waals surface area contributed by atoms with E-state index in [9.17, 15) is 17.6 Å². The smallest absolute Gasteiger partial charge is 0.246 e. The maximum Gasteiger partial charge on any atom is 0.246 e. The number of hydrogen-bond donors (Lipinski definition) is 2. The van der Waals surface area contributed by atoms with Crippen molar-refractivity contribution in [1.29, 1.82) is 0 Å². The third-order valence-corrected chi connectivity index (χ3v) is 5.67. The van der Waals surface area contributed by atoms with Gasteiger partial charge in [0.2, 0.25) is 15.9 Å². The van der Waals surface area contributed by atoms with Gasteiger partial charge < -0.3 is 5.32 Å². The first-order chi connectivity index (χ1) is 15.3. The van der Waals surface area contributed by atoms with E-state index in [0.29, 0.717) is 28.1 Å². The molecule has 1 heterocycles. The molecular weight excluding hydrogens is 431 g/mol. The molecule has 162 valence electrons. The molecule has 32 heavy (non-hydrogen) atoms. The number of sulfonamides is 1. The summed E-state index contributed by atoms with van der Waals surface area (Å²) in [6.45, 7) is -0.0433. The number of carbonyl (C=O) groups is 1. The Bertz CT molecular complexity index is 1350. The number of para-hydroxylation sites is 1. The minimum atomic E-state index is -3.83. The molecule has 0 aliphatic heterocycles. The molecule has 0 fully saturated rings. The van der Waals surface area contributed by atoms with Crippen LogP contribution in [0.15, 0.2) is 90.0 Å². The summed E-state index contributed by atoms with van der Waals surface area (Å²) in [4.78, 5) is 12.5. The molecule has 0 aliphatic carbocycles. The normalized spacial score (nSPS) is 11.3. The molecule has 0 saturated carbocycles. The number of halogens is 1. The minimum Gasteiger partial charge on any atom is -0.324 e. The van der Waals surface area contributed by atoms with Crippen molar-refractivity contribution in [1.82, 2.24) is 9.78 Å². The largest absolute Gasteiger partial charge is 0.324 e. The Morgan fingerprint density at radius 1 is 0.938 bits per heavy atom. The summed E-state index contributed by atoms with van der Waals surface area (Å²) in [5, 5.41) is 12.5. The van der Waals surface area contributed by atoms with Crippen LogP contribution in [0, 0.1) is 5.82 Å². The molecule has 7 nitrogen and oxygen atoms in total. The Hall–Kier alpha value is -3.82. The molecule has 0 bridgehead atoms. The van der Waals surface area contributed by atoms with Crippen LogP contribution in [-0.2, 0) is 21.4 Å². The van der Waals surface area contributed by atoms with Crippen LogP contribution in [0.4, 0.5) is 10.1 Å². The van der Waals surface area contributed by atoms with Crippen LogP contribution >= 0.6 is 0 Å². The van der Waals surface area contributed by atoms with Crippen LogP contribution < -0.4 is 10.5 Å². The Balaban J connectivity index is 1.68. The third kappa shape index (κ3) is 4.90. The Morgan fingerprint density at radius 3 is 2.19 bits per heavy atom. The highest BCUT2D eigenvalue weighted by atomic mass is 32.2. The molecule has 0 radical (unpaired) electrons. The van der Waals surface area contributed by atoms with Crippen molar-refractivity contribution in [3.8, 4) is 22.4 Å². The number of nitrogens with one attached hydrogen (secondary N) is 1. The molecule has 0 saturated heterocycles. The molecule has 9 heteroatoms. The predicted octanol–water partition coefficient (Wildman–Crippen LogP) is 3.64. The summed E-state index contributed by atoms with van der Waals surface area (Å²) in [7, 11) is -3.83. The topological polar surface area (TPSA) is 107 Å². The van der Waals surface area contributed by atoms with Crippen molar-refractivity contribution >= 4 is 21.6 Å². The summed E-state index contributed by atoms with van der Waals surface area (Å²) < 4.78 is 38.0. The first-order valence-electron chi connectivity index (χ1n) is 9.61. The van der Waals surface area contributed by atoms with Crippen LogP contribution in [0.3, 0.4) is 0 Å². The molecule has 0 spiro atoms. The van der Waals surface area contributed by atoms with Gasteiger partial charge in [0.25, 0.3) is 0 Å². The number of amides is 1. The van der Waals surface area contributed by atoms with Gasteiger partial charge in [-0.25, -0.2) is 17.9 Å². The first kappa shape index (κ1) is 21.4. The van der Waals surface area contributed by atoms with Crippen LogP contribution in [0.5, 0.6) is 0 Å². The maximum atomic E-state index is 13.4. The van der Waals surface area contributed by atoms with E-state index in [1.165, 1.54) is 28.9 Å². The van der Waals surface area contributed by atoms with Gasteiger partial charge in [0, 0.05) is 23.0 Å². The molecule has 4 rings (SSSR count). The number of primary sulfonamides is 1. The van der Waals surface area contributed by atoms with Crippen molar-refractivity contribution in [3.05, 3.63) is 90.9 Å². The number of carbonyl (C=O) groups excluding carboxylic acids is 1. The number of rotatable bonds is 6. The zero-order valence-corrected chi connectivity index (χ0v) is 17.6. The van der Waals surface area contributed by atoms with Gasteiger partial charge in [-0.1, -0.05) is 42.5 Å². The summed E-state index contributed by atoms with van der Waals surface area (Å²) in [5.74, 6) is -0.636. The second-order valence-electron chi connectivity index (χ2n) is 7.08. The van der Waals surface area contributed by atoms with Gasteiger partial charge in [-0.05, 0) is 42.0 Å². The number of benzene rings is 3. The molecular formula is C23H19FN4O3S. The molecule has 0 aliphatic rings. The van der Waals surface area contributed by atoms with Gasteiger partial charge in [-0.15, -0.1) is 0 Å². The van der Waals surface area contributed by atoms with Gasteiger partial charge in [-0.3, -0.25) is 9.48 Å². The molecule has 4 aromatic rings. The Morgan fingerprint density at radius 2 is 1.56 bits per heavy atom. The highest BCUT2D eigenvalue weighted by molar-refractivity contribution is 7.89. The fraction of sp³-hybridized carbons (Fsp3) is 0.0435. The van der Waals surface area contributed by atoms with E-state index in [2.05, 4.69) is 10.4 Å². The second kappa shape index (κ2) is 8.74. The van der Waals surface area contributed by atoms with E-state index in [0.717, 1.165) is 0 Å². The lowest BCUT2D eigenvalue weighted by molar-refractivity contribution is -0.116. The van der Waals surface area contributed by atoms with Gasteiger partial charge in [0.1, 0.15) is 18.1 Å². The van der Waals surface area contributed by atoms with Crippen LogP contribution in [0.1, 0.15) is 0 Å². The van der Waals surface area contributed by atoms with Crippen molar-refractivity contribution in [2.75, 3.05) is 5.32 Å². The van der Waals surface area contributed by atoms with Crippen molar-refractivity contribution < 1.29 is 17.6 Å². The number of nitrogens with zero attached hydrogens (tertiary/aromatic N) is 2. The Kier molecular flexibility index (Phi) is 5.85. The van der Waals surface area contributed by atoms with Crippen molar-refractivity contribution in [2.45, 2.75) is 11.4 Å². The van der Waals surface area contributed by atoms with E-state index in [1.54, 1.807) is 42.6 Å². The monoisotopic (exact) mass is 450 g/mol. The number of anilines is 1. The SMILES string of the molecule is NS(=O)(=O)c1ccc(-c2nn(CC(=O)Nc3ccccc3)cc2-c2ccc(F)cc2)cc1. The standard InChI is InChI=1S/C23H19FN4O3S/c24-18-10-6-16(7-11-18)21-14-28(15-22(29)26-19-4-2-1-3-5-19)27-23(21)17-8-12-20(13-9-17)32(25,30)31/h1-14H,15H2,(H,26,29)(H2,25,30,31). The maximum absolute atomic E-state index is 13.4. The quantitative estimate of drug-likeness (QED) is 0.468. The van der Waals surface area contributed by atoms with E-state index in [4.69, 9.17) is 5.14 Å². The Labute approximate surface area is 184 Å². The lowest BCUT2D eigenvalue weighted by atomic mass is 10.0. The molecule has 3 aromatic carbocycles. The van der Waals surface area contributed by atoms with E-state index in [-0.39, 0.29) is 23.2 Å². The highest BCUT2D eigenvalue weighted by Gasteiger charge is 2.16. The van der Waals surface area contributed by atoms with Crippen molar-refractivity contribution in [3.63, 3.8) is 0 Å². The van der Waals surface area contributed by atoms with Gasteiger partial charge in [0.15, 0.2) is 0 Å². The predicted molar refractivity (Wildman–Crippen MR) is 120 cm³/mol. The third-order valence-electron chi connectivity index (χ3n) is 4.74. The van der Waals surface area contributed by atoms with E-state index < -0.39 is 10.0 Å². The minimum absolute atomic E-state index is 0.0220. The lowest BCUT2D eigenvalue weighted by Crippen LogP contribution is -2.19. The van der Waals surface area contributed by atoms with E-state index in [1.807, 2.05) is 18.2 Å². The molecule has 0 unspecified atom stereocenters. The summed E-state index contributed by atoms with van der Waals surface area (Å²) >= 11 is 0. The number of hydrogen-bond acceptors (Lipinski definition) is 4. The van der Waals surface area contributed by atoms with Crippen LogP contribution in [0.2, 0.25) is 0 Å². The van der Waals surface area contributed by atoms with Gasteiger partial charge >= 0.3 is 0 Å². The van der Waals surface area contributed by atoms with Crippen molar-refractivity contribution in [2.24, 2.45) is 5.14 Å². The summed E-state index contributed by atoms with van der Waals surface area (Å²) in [6.07, 6.45) is 1.70. The fourth-order valence-electron chi connectivity index (χ4n) is 3.23. The fourth-order valence-corrected chi connectivity index (χ4v) is 3.74. The zero-order chi connectivity index (χ0) is 22.7.